The highest BCUT2D eigenvalue weighted by molar-refractivity contribution is 8.13. The highest BCUT2D eigenvalue weighted by atomic mass is 35.5. The number of thioether (sulfide) groups is 1. The lowest BCUT2D eigenvalue weighted by Gasteiger charge is -2.39. The Morgan fingerprint density at radius 3 is 2.25 bits per heavy atom. The summed E-state index contributed by atoms with van der Waals surface area (Å²) in [7, 11) is -7.19. The molecule has 2 unspecified atom stereocenters. The summed E-state index contributed by atoms with van der Waals surface area (Å²) in [5.74, 6) is -1.50. The first-order chi connectivity index (χ1) is 48.2. The van der Waals surface area contributed by atoms with Crippen molar-refractivity contribution in [3.05, 3.63) is 166 Å². The third-order valence-corrected chi connectivity index (χ3v) is 22.7. The van der Waals surface area contributed by atoms with Gasteiger partial charge in [-0.3, -0.25) is 43.8 Å². The number of sulfone groups is 1. The first-order valence-corrected chi connectivity index (χ1v) is 38.4. The van der Waals surface area contributed by atoms with Gasteiger partial charge in [-0.25, -0.2) is 8.42 Å². The average Bonchev–Trinajstić information content (AvgIpc) is 0.939. The van der Waals surface area contributed by atoms with Crippen molar-refractivity contribution >= 4 is 95.7 Å². The Labute approximate surface area is 604 Å². The number of anilines is 2. The van der Waals surface area contributed by atoms with Gasteiger partial charge in [0.05, 0.1) is 43.4 Å². The van der Waals surface area contributed by atoms with Crippen LogP contribution in [0.4, 0.5) is 24.5 Å². The molecule has 0 aromatic heterocycles. The van der Waals surface area contributed by atoms with Gasteiger partial charge in [-0.05, 0) is 153 Å². The van der Waals surface area contributed by atoms with E-state index in [1.807, 2.05) is 66.4 Å². The summed E-state index contributed by atoms with van der Waals surface area (Å²) >= 11 is 7.74. The van der Waals surface area contributed by atoms with Crippen molar-refractivity contribution in [3.63, 3.8) is 0 Å². The molecule has 548 valence electrons. The summed E-state index contributed by atoms with van der Waals surface area (Å²) in [6, 6.07) is 27.5. The molecule has 0 spiro atoms. The number of hydrogen-bond donors (Lipinski definition) is 6. The molecule has 4 aromatic carbocycles. The number of nitrogens with one attached hydrogen (secondary N) is 5. The normalized spacial score (nSPS) is 18.0. The summed E-state index contributed by atoms with van der Waals surface area (Å²) in [5, 5.41) is 14.1. The number of piperazine rings is 2. The molecule has 27 heteroatoms. The molecule has 4 aromatic rings. The molecule has 8 rings (SSSR count). The maximum absolute atomic E-state index is 14.7. The number of benzene rings is 4. The number of hydrogen-bond acceptors (Lipinski definition) is 17. The molecule has 0 saturated carbocycles. The molecule has 1 aliphatic carbocycles. The summed E-state index contributed by atoms with van der Waals surface area (Å²) in [5.41, 5.74) is 7.92. The fraction of sp³-hybridized carbons (Fsp3) is 0.459. The maximum atomic E-state index is 14.7. The lowest BCUT2D eigenvalue weighted by Crippen LogP contribution is -2.49. The van der Waals surface area contributed by atoms with Gasteiger partial charge in [0.2, 0.25) is 17.7 Å². The lowest BCUT2D eigenvalue weighted by atomic mass is 9.73. The molecule has 101 heavy (non-hydrogen) atoms. The van der Waals surface area contributed by atoms with Crippen LogP contribution in [0.25, 0.3) is 5.57 Å². The van der Waals surface area contributed by atoms with Crippen LogP contribution in [0.5, 0.6) is 0 Å². The Hall–Kier alpha value is -7.43. The van der Waals surface area contributed by atoms with Crippen LogP contribution in [0.2, 0.25) is 5.02 Å². The number of alkyl halides is 3. The Kier molecular flexibility index (Phi) is 29.6. The number of likely N-dealkylation sites (tertiary alicyclic amines) is 1. The maximum Gasteiger partial charge on any atom is 0.501 e. The minimum absolute atomic E-state index is 0.0134. The summed E-state index contributed by atoms with van der Waals surface area (Å²) in [4.78, 5) is 74.8. The monoisotopic (exact) mass is 1470 g/mol. The second-order valence-corrected chi connectivity index (χ2v) is 31.5. The van der Waals surface area contributed by atoms with E-state index < -0.39 is 60.7 Å². The Balaban J connectivity index is 0.772. The molecule has 7 N–H and O–H groups in total. The quantitative estimate of drug-likeness (QED) is 0.0112. The summed E-state index contributed by atoms with van der Waals surface area (Å²) < 4.78 is 85.4. The molecule has 3 fully saturated rings. The van der Waals surface area contributed by atoms with Crippen LogP contribution in [0.3, 0.4) is 0 Å². The summed E-state index contributed by atoms with van der Waals surface area (Å²) in [6.07, 6.45) is 9.70. The van der Waals surface area contributed by atoms with E-state index in [0.717, 1.165) is 73.7 Å². The van der Waals surface area contributed by atoms with Crippen molar-refractivity contribution in [2.45, 2.75) is 112 Å². The van der Waals surface area contributed by atoms with Crippen LogP contribution in [-0.4, -0.2) is 198 Å². The van der Waals surface area contributed by atoms with Gasteiger partial charge in [-0.1, -0.05) is 84.7 Å². The van der Waals surface area contributed by atoms with Gasteiger partial charge in [-0.2, -0.15) is 13.2 Å². The van der Waals surface area contributed by atoms with Gasteiger partial charge in [0.1, 0.15) is 10.9 Å². The average molecular weight is 1470 g/mol. The molecular weight excluding hydrogens is 1380 g/mol. The van der Waals surface area contributed by atoms with Crippen molar-refractivity contribution in [3.8, 4) is 0 Å². The number of ether oxygens (including phenoxy) is 2. The largest absolute Gasteiger partial charge is 0.501 e. The molecule has 0 bridgehead atoms. The molecule has 3 atom stereocenters. The number of allylic oxidation sites excluding steroid dienone is 3. The molecule has 4 aliphatic rings. The first kappa shape index (κ1) is 79.3. The van der Waals surface area contributed by atoms with Crippen molar-refractivity contribution in [1.29, 1.82) is 0 Å². The van der Waals surface area contributed by atoms with E-state index >= 15 is 0 Å². The van der Waals surface area contributed by atoms with Crippen molar-refractivity contribution < 1.29 is 55.0 Å². The molecular formula is C74H97ClF3N11O9S3. The van der Waals surface area contributed by atoms with Crippen molar-refractivity contribution in [2.75, 3.05) is 127 Å². The minimum Gasteiger partial charge on any atom is -0.399 e. The van der Waals surface area contributed by atoms with E-state index in [0.29, 0.717) is 106 Å². The topological polar surface area (TPSA) is 240 Å². The van der Waals surface area contributed by atoms with Crippen LogP contribution >= 0.6 is 34.0 Å². The van der Waals surface area contributed by atoms with E-state index in [9.17, 15) is 45.6 Å². The Bertz CT molecular complexity index is 3820. The highest BCUT2D eigenvalue weighted by Gasteiger charge is 2.48. The highest BCUT2D eigenvalue weighted by Crippen LogP contribution is 2.44. The fourth-order valence-electron chi connectivity index (χ4n) is 12.5. The number of amides is 5. The number of rotatable bonds is 33. The number of carbonyl (C=O) groups excluding carboxylic acids is 5. The predicted octanol–water partition coefficient (Wildman–Crippen LogP) is 10.4. The second-order valence-electron chi connectivity index (χ2n) is 26.2. The van der Waals surface area contributed by atoms with E-state index in [2.05, 4.69) is 73.2 Å². The molecule has 3 aliphatic heterocycles. The third-order valence-electron chi connectivity index (χ3n) is 18.1. The lowest BCUT2D eigenvalue weighted by molar-refractivity contribution is -0.138. The number of imide groups is 1. The number of nitrogens with two attached hydrogens (primary N) is 1. The SMILES string of the molecule is C=C1CN(C(C)C(=O)NC(C)=O)C(=O)/C1=C(/C=C\C)NCCOCCOC/C(N)=C/NCCCC(=O)N1CCN(CC[C@H](CSc2ccccc2)Nc2ccc(/S(=C\C)NC(=O)c3ccc(N4CCN(CC5=C(c6ccc(Cl)cc6)CCC(C)(C)C5)CC4)cc3)cc2S(=O)(=O)C(F)(F)F)CC1. The first-order valence-electron chi connectivity index (χ1n) is 34.3. The van der Waals surface area contributed by atoms with Gasteiger partial charge >= 0.3 is 5.51 Å². The Morgan fingerprint density at radius 1 is 0.881 bits per heavy atom. The summed E-state index contributed by atoms with van der Waals surface area (Å²) in [6.45, 7) is 23.9. The fourth-order valence-corrected chi connectivity index (χ4v) is 16.0. The van der Waals surface area contributed by atoms with E-state index in [1.54, 1.807) is 55.8 Å². The third kappa shape index (κ3) is 23.0. The van der Waals surface area contributed by atoms with Crippen LogP contribution < -0.4 is 36.6 Å². The predicted molar refractivity (Wildman–Crippen MR) is 398 cm³/mol. The second kappa shape index (κ2) is 37.7. The van der Waals surface area contributed by atoms with Crippen molar-refractivity contribution in [2.24, 2.45) is 11.1 Å². The number of carbonyl (C=O) groups is 5. The van der Waals surface area contributed by atoms with Crippen molar-refractivity contribution in [1.82, 2.24) is 40.3 Å². The van der Waals surface area contributed by atoms with Gasteiger partial charge in [0.15, 0.2) is 0 Å². The zero-order chi connectivity index (χ0) is 72.9. The molecule has 5 amide bonds. The minimum atomic E-state index is -5.89. The molecule has 3 heterocycles. The van der Waals surface area contributed by atoms with Crippen LogP contribution in [0.1, 0.15) is 96.0 Å². The van der Waals surface area contributed by atoms with Crippen LogP contribution in [0.15, 0.2) is 165 Å². The molecule has 3 saturated heterocycles. The van der Waals surface area contributed by atoms with Gasteiger partial charge < -0.3 is 45.9 Å². The molecule has 0 radical (unpaired) electrons. The van der Waals surface area contributed by atoms with Gasteiger partial charge in [0, 0.05) is 148 Å². The van der Waals surface area contributed by atoms with Crippen LogP contribution in [-0.2, 0) is 38.5 Å². The van der Waals surface area contributed by atoms with Crippen LogP contribution in [0, 0.1) is 5.41 Å². The van der Waals surface area contributed by atoms with E-state index in [1.165, 1.54) is 46.4 Å². The van der Waals surface area contributed by atoms with E-state index in [-0.39, 0.29) is 54.2 Å². The number of halogens is 4. The molecule has 20 nitrogen and oxygen atoms in total. The zero-order valence-corrected chi connectivity index (χ0v) is 61.8. The smallest absolute Gasteiger partial charge is 0.399 e. The van der Waals surface area contributed by atoms with Gasteiger partial charge in [-0.15, -0.1) is 11.8 Å². The van der Waals surface area contributed by atoms with E-state index in [4.69, 9.17) is 26.8 Å². The zero-order valence-electron chi connectivity index (χ0n) is 58.6. The Morgan fingerprint density at radius 2 is 1.57 bits per heavy atom. The number of nitrogens with zero attached hydrogens (tertiary/aromatic N) is 5. The van der Waals surface area contributed by atoms with Gasteiger partial charge in [0.25, 0.3) is 21.7 Å². The standard InChI is InChI=1S/C74H97ClF3N11O9S3/c1-8-14-66(69-52(3)48-89(72(69)94)53(4)70(92)82-54(5)90)81-32-42-97-43-44-98-50-59(79)47-80-31-13-17-68(91)88-40-34-85(35-41-88)33-29-60(51-99-62-15-11-10-12-16-62)83-65-27-26-63(45-67(65)101(95,96)74(76,77)78)100(9-2)84-71(93)56-20-24-61(25-21-56)87-38-36-86(37-39-87)49-57-46-73(6,7)30-28-64(57)55-18-22-58(75)23-19-55/h8-12,14-16,18-27,45,47,53,60,80-81,83H,3,13,17,28-44,46,48-51,79H2,1-2,4-7H3,(H,84,93)(H,82,90,92)/b14-8-,59-47-,69-66-/t53?,60-,100?/m1/s1.